The van der Waals surface area contributed by atoms with Gasteiger partial charge in [0.15, 0.2) is 0 Å². The van der Waals surface area contributed by atoms with Gasteiger partial charge in [-0.25, -0.2) is 4.98 Å². The summed E-state index contributed by atoms with van der Waals surface area (Å²) >= 11 is 0. The lowest BCUT2D eigenvalue weighted by molar-refractivity contribution is -0.385. The molecule has 7 nitrogen and oxygen atoms in total. The minimum absolute atomic E-state index is 0.102. The maximum absolute atomic E-state index is 10.6. The summed E-state index contributed by atoms with van der Waals surface area (Å²) in [4.78, 5) is 13.9. The summed E-state index contributed by atoms with van der Waals surface area (Å²) in [5, 5.41) is 22.5. The summed E-state index contributed by atoms with van der Waals surface area (Å²) in [7, 11) is 1.62. The minimum Gasteiger partial charge on any atom is -0.385 e. The molecule has 7 heteroatoms. The number of pyridine rings is 1. The largest absolute Gasteiger partial charge is 0.385 e. The highest BCUT2D eigenvalue weighted by molar-refractivity contribution is 5.50. The molecule has 96 valence electrons. The van der Waals surface area contributed by atoms with E-state index in [1.54, 1.807) is 13.2 Å². The molecule has 0 saturated carbocycles. The van der Waals surface area contributed by atoms with Crippen LogP contribution in [0.15, 0.2) is 12.1 Å². The molecule has 0 amide bonds. The Morgan fingerprint density at radius 2 is 2.39 bits per heavy atom. The molecule has 0 aliphatic heterocycles. The Labute approximate surface area is 105 Å². The molecule has 0 aliphatic rings. The van der Waals surface area contributed by atoms with Crippen LogP contribution in [0.25, 0.3) is 0 Å². The number of aromatic nitrogens is 1. The van der Waals surface area contributed by atoms with Crippen molar-refractivity contribution in [1.82, 2.24) is 4.98 Å². The Hall–Kier alpha value is -2.20. The molecule has 0 spiro atoms. The van der Waals surface area contributed by atoms with Crippen molar-refractivity contribution < 1.29 is 9.66 Å². The topological polar surface area (TPSA) is 101 Å². The molecule has 18 heavy (non-hydrogen) atoms. The highest BCUT2D eigenvalue weighted by Crippen LogP contribution is 2.18. The molecule has 1 unspecified atom stereocenters. The lowest BCUT2D eigenvalue weighted by Crippen LogP contribution is -2.18. The normalized spacial score (nSPS) is 11.6. The van der Waals surface area contributed by atoms with E-state index in [0.29, 0.717) is 12.4 Å². The summed E-state index contributed by atoms with van der Waals surface area (Å²) in [6, 6.07) is 4.58. The van der Waals surface area contributed by atoms with Crippen molar-refractivity contribution in [3.63, 3.8) is 0 Å². The summed E-state index contributed by atoms with van der Waals surface area (Å²) in [6.07, 6.45) is 0.775. The van der Waals surface area contributed by atoms with E-state index in [1.165, 1.54) is 12.1 Å². The molecule has 1 atom stereocenters. The number of nitrogens with one attached hydrogen (secondary N) is 1. The Bertz CT molecular complexity index is 470. The van der Waals surface area contributed by atoms with Crippen LogP contribution in [-0.2, 0) is 4.74 Å². The molecule has 1 heterocycles. The average molecular weight is 250 g/mol. The van der Waals surface area contributed by atoms with E-state index in [4.69, 9.17) is 10.00 Å². The number of nitro groups is 1. The highest BCUT2D eigenvalue weighted by Gasteiger charge is 2.15. The van der Waals surface area contributed by atoms with Crippen LogP contribution in [0.1, 0.15) is 19.0 Å². The van der Waals surface area contributed by atoms with Gasteiger partial charge in [0.1, 0.15) is 11.9 Å². The van der Waals surface area contributed by atoms with Gasteiger partial charge >= 0.3 is 5.69 Å². The molecule has 0 bridgehead atoms. The molecule has 0 fully saturated rings. The molecule has 1 rings (SSSR count). The number of anilines is 1. The summed E-state index contributed by atoms with van der Waals surface area (Å²) in [5.41, 5.74) is -0.475. The summed E-state index contributed by atoms with van der Waals surface area (Å²) < 4.78 is 4.94. The van der Waals surface area contributed by atoms with E-state index < -0.39 is 4.92 Å². The predicted molar refractivity (Wildman–Crippen MR) is 65.2 cm³/mol. The number of nitriles is 1. The minimum atomic E-state index is -0.621. The van der Waals surface area contributed by atoms with Crippen LogP contribution in [0, 0.1) is 21.4 Å². The van der Waals surface area contributed by atoms with Gasteiger partial charge in [-0.3, -0.25) is 10.1 Å². The first kappa shape index (κ1) is 13.9. The second-order valence-electron chi connectivity index (χ2n) is 3.76. The lowest BCUT2D eigenvalue weighted by Gasteiger charge is -2.13. The third-order valence-corrected chi connectivity index (χ3v) is 2.33. The zero-order valence-electron chi connectivity index (χ0n) is 10.2. The van der Waals surface area contributed by atoms with Crippen molar-refractivity contribution in [2.75, 3.05) is 19.0 Å². The molecular weight excluding hydrogens is 236 g/mol. The maximum atomic E-state index is 10.6. The first-order chi connectivity index (χ1) is 8.58. The zero-order chi connectivity index (χ0) is 13.5. The van der Waals surface area contributed by atoms with Gasteiger partial charge in [0.25, 0.3) is 0 Å². The van der Waals surface area contributed by atoms with Crippen LogP contribution in [0.4, 0.5) is 11.5 Å². The lowest BCUT2D eigenvalue weighted by atomic mass is 10.2. The van der Waals surface area contributed by atoms with E-state index in [9.17, 15) is 10.1 Å². The number of methoxy groups -OCH3 is 1. The molecular formula is C11H14N4O3. The van der Waals surface area contributed by atoms with Crippen molar-refractivity contribution in [2.45, 2.75) is 19.4 Å². The number of nitrogens with zero attached hydrogens (tertiary/aromatic N) is 3. The van der Waals surface area contributed by atoms with Crippen LogP contribution in [0.3, 0.4) is 0 Å². The van der Waals surface area contributed by atoms with Crippen molar-refractivity contribution in [1.29, 1.82) is 5.26 Å². The van der Waals surface area contributed by atoms with E-state index in [-0.39, 0.29) is 17.4 Å². The van der Waals surface area contributed by atoms with Crippen molar-refractivity contribution >= 4 is 11.5 Å². The number of ether oxygens (including phenoxy) is 1. The Balaban J connectivity index is 2.80. The molecule has 0 saturated heterocycles. The summed E-state index contributed by atoms with van der Waals surface area (Å²) in [6.45, 7) is 2.54. The van der Waals surface area contributed by atoms with E-state index >= 15 is 0 Å². The van der Waals surface area contributed by atoms with Crippen LogP contribution < -0.4 is 5.32 Å². The molecule has 0 aliphatic carbocycles. The zero-order valence-corrected chi connectivity index (χ0v) is 10.2. The fourth-order valence-corrected chi connectivity index (χ4v) is 1.38. The third kappa shape index (κ3) is 3.68. The van der Waals surface area contributed by atoms with Gasteiger partial charge in [-0.15, -0.1) is 0 Å². The van der Waals surface area contributed by atoms with Crippen LogP contribution in [0.5, 0.6) is 0 Å². The standard InChI is InChI=1S/C11H14N4O3/c1-8(5-6-18-2)13-11-4-3-10(15(16)17)9(7-12)14-11/h3-4,8H,5-6H2,1-2H3,(H,13,14). The molecule has 0 aromatic carbocycles. The molecule has 1 N–H and O–H groups in total. The van der Waals surface area contributed by atoms with Crippen LogP contribution >= 0.6 is 0 Å². The number of hydrogen-bond donors (Lipinski definition) is 1. The Morgan fingerprint density at radius 3 is 2.94 bits per heavy atom. The smallest absolute Gasteiger partial charge is 0.305 e. The molecule has 0 radical (unpaired) electrons. The van der Waals surface area contributed by atoms with Gasteiger partial charge in [0.2, 0.25) is 5.69 Å². The fraction of sp³-hybridized carbons (Fsp3) is 0.455. The predicted octanol–water partition coefficient (Wildman–Crippen LogP) is 1.70. The second-order valence-corrected chi connectivity index (χ2v) is 3.76. The van der Waals surface area contributed by atoms with E-state index in [2.05, 4.69) is 10.3 Å². The van der Waals surface area contributed by atoms with E-state index in [1.807, 2.05) is 6.92 Å². The third-order valence-electron chi connectivity index (χ3n) is 2.33. The fourth-order valence-electron chi connectivity index (χ4n) is 1.38. The molecule has 1 aromatic heterocycles. The van der Waals surface area contributed by atoms with E-state index in [0.717, 1.165) is 6.42 Å². The Morgan fingerprint density at radius 1 is 1.67 bits per heavy atom. The van der Waals surface area contributed by atoms with Crippen LogP contribution in [-0.4, -0.2) is 29.7 Å². The van der Waals surface area contributed by atoms with Gasteiger partial charge in [-0.1, -0.05) is 0 Å². The van der Waals surface area contributed by atoms with Gasteiger partial charge < -0.3 is 10.1 Å². The monoisotopic (exact) mass is 250 g/mol. The van der Waals surface area contributed by atoms with Gasteiger partial charge in [0.05, 0.1) is 4.92 Å². The second kappa shape index (κ2) is 6.51. The highest BCUT2D eigenvalue weighted by atomic mass is 16.6. The molecule has 1 aromatic rings. The first-order valence-corrected chi connectivity index (χ1v) is 5.39. The van der Waals surface area contributed by atoms with Crippen molar-refractivity contribution in [3.8, 4) is 6.07 Å². The number of rotatable bonds is 6. The summed E-state index contributed by atoms with van der Waals surface area (Å²) in [5.74, 6) is 0.445. The van der Waals surface area contributed by atoms with Gasteiger partial charge in [-0.2, -0.15) is 5.26 Å². The quantitative estimate of drug-likeness (QED) is 0.609. The average Bonchev–Trinajstić information content (AvgIpc) is 2.35. The van der Waals surface area contributed by atoms with Gasteiger partial charge in [0, 0.05) is 25.8 Å². The van der Waals surface area contributed by atoms with Crippen LogP contribution in [0.2, 0.25) is 0 Å². The Kier molecular flexibility index (Phi) is 5.02. The van der Waals surface area contributed by atoms with Crippen molar-refractivity contribution in [3.05, 3.63) is 27.9 Å². The SMILES string of the molecule is COCCC(C)Nc1ccc([N+](=O)[O-])c(C#N)n1. The number of hydrogen-bond acceptors (Lipinski definition) is 6. The van der Waals surface area contributed by atoms with Gasteiger partial charge in [-0.05, 0) is 19.4 Å². The first-order valence-electron chi connectivity index (χ1n) is 5.39. The maximum Gasteiger partial charge on any atom is 0.305 e. The van der Waals surface area contributed by atoms with Crippen molar-refractivity contribution in [2.24, 2.45) is 0 Å².